The molecule has 0 bridgehead atoms. The van der Waals surface area contributed by atoms with Gasteiger partial charge in [-0.25, -0.2) is 0 Å². The van der Waals surface area contributed by atoms with Crippen molar-refractivity contribution < 1.29 is 14.3 Å². The Kier molecular flexibility index (Phi) is 8.79. The van der Waals surface area contributed by atoms with E-state index >= 15 is 0 Å². The van der Waals surface area contributed by atoms with Gasteiger partial charge in [0.25, 0.3) is 11.8 Å². The molecular formula is C33H32ClN3O3. The molecule has 1 saturated heterocycles. The maximum Gasteiger partial charge on any atom is 0.265 e. The number of amides is 2. The molecule has 0 aliphatic carbocycles. The SMILES string of the molecule is CC(Oc1ccc(Cl)cc1)C(=O)Nc1ccccc1C(=O)N1CCN(C(c2ccccc2)c2ccccc2)CC1. The van der Waals surface area contributed by atoms with Gasteiger partial charge in [-0.2, -0.15) is 0 Å². The van der Waals surface area contributed by atoms with Crippen molar-refractivity contribution in [2.24, 2.45) is 0 Å². The Labute approximate surface area is 240 Å². The van der Waals surface area contributed by atoms with Crippen LogP contribution in [0, 0.1) is 0 Å². The highest BCUT2D eigenvalue weighted by Gasteiger charge is 2.29. The second kappa shape index (κ2) is 12.8. The molecular weight excluding hydrogens is 522 g/mol. The Bertz CT molecular complexity index is 1380. The number of nitrogens with one attached hydrogen (secondary N) is 1. The van der Waals surface area contributed by atoms with Gasteiger partial charge in [0.05, 0.1) is 17.3 Å². The van der Waals surface area contributed by atoms with Gasteiger partial charge < -0.3 is 15.0 Å². The summed E-state index contributed by atoms with van der Waals surface area (Å²) in [5, 5.41) is 3.48. The molecule has 0 spiro atoms. The van der Waals surface area contributed by atoms with Crippen LogP contribution in [0.4, 0.5) is 5.69 Å². The molecule has 4 aromatic rings. The molecule has 1 heterocycles. The molecule has 0 aromatic heterocycles. The fourth-order valence-electron chi connectivity index (χ4n) is 5.02. The van der Waals surface area contributed by atoms with Crippen molar-refractivity contribution in [2.45, 2.75) is 19.1 Å². The number of rotatable bonds is 8. The van der Waals surface area contributed by atoms with Crippen LogP contribution in [0.1, 0.15) is 34.5 Å². The number of piperazine rings is 1. The number of carbonyl (C=O) groups is 2. The van der Waals surface area contributed by atoms with Crippen molar-refractivity contribution in [2.75, 3.05) is 31.5 Å². The lowest BCUT2D eigenvalue weighted by Crippen LogP contribution is -2.50. The number of benzene rings is 4. The molecule has 1 fully saturated rings. The monoisotopic (exact) mass is 553 g/mol. The summed E-state index contributed by atoms with van der Waals surface area (Å²) in [6.45, 7) is 4.32. The first-order chi connectivity index (χ1) is 19.5. The topological polar surface area (TPSA) is 61.9 Å². The summed E-state index contributed by atoms with van der Waals surface area (Å²) in [6.07, 6.45) is -0.763. The predicted octanol–water partition coefficient (Wildman–Crippen LogP) is 6.29. The first-order valence-electron chi connectivity index (χ1n) is 13.4. The van der Waals surface area contributed by atoms with Crippen LogP contribution < -0.4 is 10.1 Å². The summed E-state index contributed by atoms with van der Waals surface area (Å²) in [4.78, 5) is 30.8. The lowest BCUT2D eigenvalue weighted by Gasteiger charge is -2.40. The molecule has 6 nitrogen and oxygen atoms in total. The van der Waals surface area contributed by atoms with Crippen LogP contribution in [0.3, 0.4) is 0 Å². The zero-order chi connectivity index (χ0) is 27.9. The summed E-state index contributed by atoms with van der Waals surface area (Å²) < 4.78 is 5.76. The Morgan fingerprint density at radius 2 is 1.30 bits per heavy atom. The van der Waals surface area contributed by atoms with Crippen LogP contribution in [0.2, 0.25) is 5.02 Å². The Balaban J connectivity index is 1.25. The van der Waals surface area contributed by atoms with Crippen LogP contribution in [0.5, 0.6) is 5.75 Å². The molecule has 5 rings (SSSR count). The number of hydrogen-bond acceptors (Lipinski definition) is 4. The highest BCUT2D eigenvalue weighted by molar-refractivity contribution is 6.30. The van der Waals surface area contributed by atoms with E-state index < -0.39 is 6.10 Å². The Morgan fingerprint density at radius 1 is 0.750 bits per heavy atom. The number of anilines is 1. The number of hydrogen-bond donors (Lipinski definition) is 1. The third-order valence-electron chi connectivity index (χ3n) is 7.11. The molecule has 1 unspecified atom stereocenters. The van der Waals surface area contributed by atoms with Crippen molar-refractivity contribution >= 4 is 29.1 Å². The number of ether oxygens (including phenoxy) is 1. The van der Waals surface area contributed by atoms with E-state index in [1.54, 1.807) is 49.4 Å². The minimum absolute atomic E-state index is 0.0993. The third kappa shape index (κ3) is 6.53. The molecule has 2 amide bonds. The van der Waals surface area contributed by atoms with E-state index in [1.807, 2.05) is 23.1 Å². The van der Waals surface area contributed by atoms with Gasteiger partial charge in [0.2, 0.25) is 0 Å². The largest absolute Gasteiger partial charge is 0.481 e. The van der Waals surface area contributed by atoms with Crippen molar-refractivity contribution in [1.82, 2.24) is 9.80 Å². The maximum absolute atomic E-state index is 13.6. The van der Waals surface area contributed by atoms with Gasteiger partial charge in [-0.05, 0) is 54.4 Å². The van der Waals surface area contributed by atoms with E-state index in [4.69, 9.17) is 16.3 Å². The minimum atomic E-state index is -0.763. The average Bonchev–Trinajstić information content (AvgIpc) is 3.00. The lowest BCUT2D eigenvalue weighted by molar-refractivity contribution is -0.122. The number of nitrogens with zero attached hydrogens (tertiary/aromatic N) is 2. The van der Waals surface area contributed by atoms with Crippen LogP contribution in [-0.2, 0) is 4.79 Å². The summed E-state index contributed by atoms with van der Waals surface area (Å²) in [5.74, 6) is 0.102. The summed E-state index contributed by atoms with van der Waals surface area (Å²) in [6, 6.07) is 35.0. The fraction of sp³-hybridized carbons (Fsp3) is 0.212. The zero-order valence-electron chi connectivity index (χ0n) is 22.4. The Morgan fingerprint density at radius 3 is 1.90 bits per heavy atom. The van der Waals surface area contributed by atoms with E-state index in [-0.39, 0.29) is 17.9 Å². The summed E-state index contributed by atoms with van der Waals surface area (Å²) >= 11 is 5.94. The molecule has 40 heavy (non-hydrogen) atoms. The van der Waals surface area contributed by atoms with Crippen molar-refractivity contribution in [3.05, 3.63) is 131 Å². The van der Waals surface area contributed by atoms with Crippen molar-refractivity contribution in [3.63, 3.8) is 0 Å². The molecule has 1 aliphatic rings. The van der Waals surface area contributed by atoms with Gasteiger partial charge in [-0.15, -0.1) is 0 Å². The van der Waals surface area contributed by atoms with Gasteiger partial charge in [0.1, 0.15) is 5.75 Å². The van der Waals surface area contributed by atoms with E-state index in [1.165, 1.54) is 11.1 Å². The van der Waals surface area contributed by atoms with Gasteiger partial charge >= 0.3 is 0 Å². The zero-order valence-corrected chi connectivity index (χ0v) is 23.1. The lowest BCUT2D eigenvalue weighted by atomic mass is 9.96. The standard InChI is InChI=1S/C33H32ClN3O3/c1-24(40-28-18-16-27(34)17-19-28)32(38)35-30-15-9-8-14-29(30)33(39)37-22-20-36(21-23-37)31(25-10-4-2-5-11-25)26-12-6-3-7-13-26/h2-19,24,31H,20-23H2,1H3,(H,35,38). The van der Waals surface area contributed by atoms with E-state index in [0.29, 0.717) is 35.1 Å². The molecule has 7 heteroatoms. The Hall–Kier alpha value is -4.13. The van der Waals surface area contributed by atoms with Gasteiger partial charge in [-0.1, -0.05) is 84.4 Å². The van der Waals surface area contributed by atoms with Crippen LogP contribution in [-0.4, -0.2) is 53.9 Å². The van der Waals surface area contributed by atoms with Crippen molar-refractivity contribution in [1.29, 1.82) is 0 Å². The fourth-order valence-corrected chi connectivity index (χ4v) is 5.15. The number of carbonyl (C=O) groups excluding carboxylic acids is 2. The smallest absolute Gasteiger partial charge is 0.265 e. The van der Waals surface area contributed by atoms with Crippen LogP contribution >= 0.6 is 11.6 Å². The third-order valence-corrected chi connectivity index (χ3v) is 7.36. The second-order valence-electron chi connectivity index (χ2n) is 9.80. The highest BCUT2D eigenvalue weighted by Crippen LogP contribution is 2.30. The van der Waals surface area contributed by atoms with Crippen LogP contribution in [0.25, 0.3) is 0 Å². The van der Waals surface area contributed by atoms with Crippen molar-refractivity contribution in [3.8, 4) is 5.75 Å². The molecule has 4 aromatic carbocycles. The van der Waals surface area contributed by atoms with Gasteiger partial charge in [0.15, 0.2) is 6.10 Å². The quantitative estimate of drug-likeness (QED) is 0.278. The first kappa shape index (κ1) is 27.4. The molecule has 0 radical (unpaired) electrons. The summed E-state index contributed by atoms with van der Waals surface area (Å²) in [5.41, 5.74) is 3.40. The molecule has 204 valence electrons. The highest BCUT2D eigenvalue weighted by atomic mass is 35.5. The summed E-state index contributed by atoms with van der Waals surface area (Å²) in [7, 11) is 0. The van der Waals surface area contributed by atoms with Crippen LogP contribution in [0.15, 0.2) is 109 Å². The van der Waals surface area contributed by atoms with Gasteiger partial charge in [0, 0.05) is 31.2 Å². The minimum Gasteiger partial charge on any atom is -0.481 e. The molecule has 0 saturated carbocycles. The van der Waals surface area contributed by atoms with E-state index in [2.05, 4.69) is 58.7 Å². The van der Waals surface area contributed by atoms with E-state index in [0.717, 1.165) is 13.1 Å². The number of halogens is 1. The normalized spacial score (nSPS) is 14.5. The maximum atomic E-state index is 13.6. The van der Waals surface area contributed by atoms with E-state index in [9.17, 15) is 9.59 Å². The second-order valence-corrected chi connectivity index (χ2v) is 10.2. The molecule has 1 atom stereocenters. The average molecular weight is 554 g/mol. The molecule has 1 N–H and O–H groups in total. The number of para-hydroxylation sites is 1. The molecule has 1 aliphatic heterocycles. The first-order valence-corrected chi connectivity index (χ1v) is 13.8. The van der Waals surface area contributed by atoms with Gasteiger partial charge in [-0.3, -0.25) is 14.5 Å². The predicted molar refractivity (Wildman–Crippen MR) is 159 cm³/mol.